The zero-order chi connectivity index (χ0) is 10.9. The van der Waals surface area contributed by atoms with Gasteiger partial charge in [-0.1, -0.05) is 6.92 Å². The summed E-state index contributed by atoms with van der Waals surface area (Å²) in [5, 5.41) is 3.17. The van der Waals surface area contributed by atoms with Gasteiger partial charge in [-0.25, -0.2) is 0 Å². The Morgan fingerprint density at radius 1 is 1.07 bits per heavy atom. The average molecular weight is 213 g/mol. The first kappa shape index (κ1) is 13.0. The van der Waals surface area contributed by atoms with E-state index >= 15 is 0 Å². The first-order chi connectivity index (χ1) is 7.33. The standard InChI is InChI=1S/C13H27NO/c1-12-6-8-13(9-7-12)15-11-5-3-4-10-14-2/h12-14H,3-11H2,1-2H3. The van der Waals surface area contributed by atoms with Crippen LogP contribution in [0.15, 0.2) is 0 Å². The Kier molecular flexibility index (Phi) is 7.03. The van der Waals surface area contributed by atoms with E-state index in [-0.39, 0.29) is 0 Å². The average Bonchev–Trinajstić information content (AvgIpc) is 2.26. The van der Waals surface area contributed by atoms with Crippen molar-refractivity contribution < 1.29 is 4.74 Å². The van der Waals surface area contributed by atoms with E-state index in [1.54, 1.807) is 0 Å². The second kappa shape index (κ2) is 8.12. The number of hydrogen-bond donors (Lipinski definition) is 1. The number of unbranched alkanes of at least 4 members (excludes halogenated alkanes) is 2. The van der Waals surface area contributed by atoms with Crippen LogP contribution in [0, 0.1) is 5.92 Å². The molecule has 1 rings (SSSR count). The van der Waals surface area contributed by atoms with Gasteiger partial charge in [0.1, 0.15) is 0 Å². The maximum absolute atomic E-state index is 5.89. The molecule has 0 aromatic carbocycles. The summed E-state index contributed by atoms with van der Waals surface area (Å²) in [6.45, 7) is 4.47. The third-order valence-electron chi connectivity index (χ3n) is 3.39. The van der Waals surface area contributed by atoms with E-state index in [1.165, 1.54) is 44.9 Å². The minimum atomic E-state index is 0.575. The Hall–Kier alpha value is -0.0800. The van der Waals surface area contributed by atoms with Gasteiger partial charge in [-0.2, -0.15) is 0 Å². The van der Waals surface area contributed by atoms with Gasteiger partial charge in [0.15, 0.2) is 0 Å². The quantitative estimate of drug-likeness (QED) is 0.656. The minimum absolute atomic E-state index is 0.575. The van der Waals surface area contributed by atoms with Gasteiger partial charge in [0.2, 0.25) is 0 Å². The molecule has 0 heterocycles. The normalized spacial score (nSPS) is 26.8. The van der Waals surface area contributed by atoms with Gasteiger partial charge in [-0.3, -0.25) is 0 Å². The molecule has 0 saturated heterocycles. The predicted molar refractivity (Wildman–Crippen MR) is 65.1 cm³/mol. The van der Waals surface area contributed by atoms with Gasteiger partial charge in [-0.15, -0.1) is 0 Å². The molecule has 0 aromatic rings. The Labute approximate surface area is 94.8 Å². The largest absolute Gasteiger partial charge is 0.378 e. The summed E-state index contributed by atoms with van der Waals surface area (Å²) >= 11 is 0. The fraction of sp³-hybridized carbons (Fsp3) is 1.00. The lowest BCUT2D eigenvalue weighted by Crippen LogP contribution is -2.20. The monoisotopic (exact) mass is 213 g/mol. The van der Waals surface area contributed by atoms with Crippen molar-refractivity contribution in [3.05, 3.63) is 0 Å². The third-order valence-corrected chi connectivity index (χ3v) is 3.39. The smallest absolute Gasteiger partial charge is 0.0575 e. The second-order valence-corrected chi connectivity index (χ2v) is 4.92. The lowest BCUT2D eigenvalue weighted by atomic mass is 9.89. The van der Waals surface area contributed by atoms with E-state index < -0.39 is 0 Å². The van der Waals surface area contributed by atoms with Crippen LogP contribution in [-0.4, -0.2) is 26.3 Å². The zero-order valence-corrected chi connectivity index (χ0v) is 10.4. The van der Waals surface area contributed by atoms with Gasteiger partial charge in [0.25, 0.3) is 0 Å². The van der Waals surface area contributed by atoms with E-state index in [0.717, 1.165) is 19.1 Å². The molecular formula is C13H27NO. The number of hydrogen-bond acceptors (Lipinski definition) is 2. The summed E-state index contributed by atoms with van der Waals surface area (Å²) in [6, 6.07) is 0. The van der Waals surface area contributed by atoms with Crippen molar-refractivity contribution in [2.45, 2.75) is 58.0 Å². The highest BCUT2D eigenvalue weighted by atomic mass is 16.5. The molecule has 0 atom stereocenters. The fourth-order valence-corrected chi connectivity index (χ4v) is 2.23. The van der Waals surface area contributed by atoms with Crippen LogP contribution in [0.25, 0.3) is 0 Å². The van der Waals surface area contributed by atoms with Crippen molar-refractivity contribution in [1.82, 2.24) is 5.32 Å². The molecule has 0 radical (unpaired) electrons. The molecular weight excluding hydrogens is 186 g/mol. The summed E-state index contributed by atoms with van der Waals surface area (Å²) in [5.74, 6) is 0.931. The molecule has 1 N–H and O–H groups in total. The first-order valence-corrected chi connectivity index (χ1v) is 6.59. The Balaban J connectivity index is 1.87. The SMILES string of the molecule is CNCCCCCOC1CCC(C)CC1. The molecule has 90 valence electrons. The minimum Gasteiger partial charge on any atom is -0.378 e. The van der Waals surface area contributed by atoms with Crippen molar-refractivity contribution in [3.8, 4) is 0 Å². The maximum Gasteiger partial charge on any atom is 0.0575 e. The van der Waals surface area contributed by atoms with E-state index in [0.29, 0.717) is 6.10 Å². The molecule has 1 aliphatic rings. The van der Waals surface area contributed by atoms with Crippen LogP contribution in [-0.2, 0) is 4.74 Å². The van der Waals surface area contributed by atoms with Crippen molar-refractivity contribution in [2.24, 2.45) is 5.92 Å². The van der Waals surface area contributed by atoms with Crippen molar-refractivity contribution in [3.63, 3.8) is 0 Å². The van der Waals surface area contributed by atoms with Crippen molar-refractivity contribution in [1.29, 1.82) is 0 Å². The van der Waals surface area contributed by atoms with E-state index in [9.17, 15) is 0 Å². The Morgan fingerprint density at radius 2 is 1.80 bits per heavy atom. The van der Waals surface area contributed by atoms with Gasteiger partial charge in [0, 0.05) is 6.61 Å². The van der Waals surface area contributed by atoms with Gasteiger partial charge in [-0.05, 0) is 64.5 Å². The molecule has 0 aromatic heterocycles. The lowest BCUT2D eigenvalue weighted by Gasteiger charge is -2.26. The second-order valence-electron chi connectivity index (χ2n) is 4.92. The summed E-state index contributed by atoms with van der Waals surface area (Å²) in [7, 11) is 2.01. The van der Waals surface area contributed by atoms with Crippen LogP contribution in [0.1, 0.15) is 51.9 Å². The number of ether oxygens (including phenoxy) is 1. The third kappa shape index (κ3) is 6.16. The highest BCUT2D eigenvalue weighted by molar-refractivity contribution is 4.69. The molecule has 0 bridgehead atoms. The van der Waals surface area contributed by atoms with Crippen LogP contribution in [0.5, 0.6) is 0 Å². The van der Waals surface area contributed by atoms with E-state index in [1.807, 2.05) is 7.05 Å². The lowest BCUT2D eigenvalue weighted by molar-refractivity contribution is 0.0179. The molecule has 0 amide bonds. The number of nitrogens with one attached hydrogen (secondary N) is 1. The summed E-state index contributed by atoms with van der Waals surface area (Å²) in [5.41, 5.74) is 0. The summed E-state index contributed by atoms with van der Waals surface area (Å²) in [6.07, 6.45) is 9.69. The predicted octanol–water partition coefficient (Wildman–Crippen LogP) is 2.97. The molecule has 1 aliphatic carbocycles. The van der Waals surface area contributed by atoms with Crippen LogP contribution in [0.4, 0.5) is 0 Å². The molecule has 0 unspecified atom stereocenters. The zero-order valence-electron chi connectivity index (χ0n) is 10.4. The molecule has 15 heavy (non-hydrogen) atoms. The van der Waals surface area contributed by atoms with Crippen LogP contribution < -0.4 is 5.32 Å². The molecule has 0 spiro atoms. The van der Waals surface area contributed by atoms with Crippen LogP contribution >= 0.6 is 0 Å². The molecule has 1 saturated carbocycles. The molecule has 1 fully saturated rings. The summed E-state index contributed by atoms with van der Waals surface area (Å²) in [4.78, 5) is 0. The van der Waals surface area contributed by atoms with Gasteiger partial charge in [0.05, 0.1) is 6.10 Å². The van der Waals surface area contributed by atoms with E-state index in [2.05, 4.69) is 12.2 Å². The fourth-order valence-electron chi connectivity index (χ4n) is 2.23. The Bertz CT molecular complexity index is 141. The van der Waals surface area contributed by atoms with Gasteiger partial charge >= 0.3 is 0 Å². The Morgan fingerprint density at radius 3 is 2.47 bits per heavy atom. The van der Waals surface area contributed by atoms with Crippen molar-refractivity contribution in [2.75, 3.05) is 20.2 Å². The first-order valence-electron chi connectivity index (χ1n) is 6.59. The van der Waals surface area contributed by atoms with Gasteiger partial charge < -0.3 is 10.1 Å². The molecule has 2 nitrogen and oxygen atoms in total. The van der Waals surface area contributed by atoms with E-state index in [4.69, 9.17) is 4.74 Å². The van der Waals surface area contributed by atoms with Crippen molar-refractivity contribution >= 4 is 0 Å². The molecule has 0 aliphatic heterocycles. The topological polar surface area (TPSA) is 21.3 Å². The maximum atomic E-state index is 5.89. The highest BCUT2D eigenvalue weighted by Gasteiger charge is 2.17. The van der Waals surface area contributed by atoms with Crippen LogP contribution in [0.3, 0.4) is 0 Å². The highest BCUT2D eigenvalue weighted by Crippen LogP contribution is 2.25. The van der Waals surface area contributed by atoms with Crippen LogP contribution in [0.2, 0.25) is 0 Å². The number of rotatable bonds is 7. The summed E-state index contributed by atoms with van der Waals surface area (Å²) < 4.78 is 5.89. The molecule has 2 heteroatoms.